The van der Waals surface area contributed by atoms with Gasteiger partial charge in [-0.15, -0.1) is 6.58 Å². The molecule has 26 heteroatoms. The second-order valence-electron chi connectivity index (χ2n) is 15.2. The Kier molecular flexibility index (Phi) is 21.0. The van der Waals surface area contributed by atoms with E-state index in [0.29, 0.717) is 0 Å². The number of rotatable bonds is 20. The predicted molar refractivity (Wildman–Crippen MR) is 213 cm³/mol. The second-order valence-corrected chi connectivity index (χ2v) is 15.2. The number of carboxylic acids is 1. The van der Waals surface area contributed by atoms with Crippen molar-refractivity contribution in [2.24, 2.45) is 0 Å². The Hall–Kier alpha value is -5.80. The number of carbonyl (C=O) groups is 10. The van der Waals surface area contributed by atoms with Crippen LogP contribution in [0.5, 0.6) is 0 Å². The first-order valence-corrected chi connectivity index (χ1v) is 20.6. The normalized spacial score (nSPS) is 31.3. The summed E-state index contributed by atoms with van der Waals surface area (Å²) in [6, 6.07) is 0. The smallest absolute Gasteiger partial charge is 0.329 e. The van der Waals surface area contributed by atoms with E-state index < -0.39 is 172 Å². The molecule has 3 aliphatic heterocycles. The Morgan fingerprint density at radius 3 is 1.39 bits per heavy atom. The number of hydrogen-bond acceptors (Lipinski definition) is 24. The Balaban J connectivity index is 2.43. The number of ether oxygens (including phenoxy) is 14. The molecule has 26 nitrogen and oxygen atoms in total. The molecule has 0 unspecified atom stereocenters. The molecule has 1 N–H and O–H groups in total. The average Bonchev–Trinajstić information content (AvgIpc) is 3.19. The average molecular weight is 964 g/mol. The second kappa shape index (κ2) is 25.4. The highest BCUT2D eigenvalue weighted by atomic mass is 16.8. The van der Waals surface area contributed by atoms with Crippen LogP contribution >= 0.6 is 0 Å². The van der Waals surface area contributed by atoms with Gasteiger partial charge < -0.3 is 76.3 Å². The maximum atomic E-state index is 13.3. The van der Waals surface area contributed by atoms with Crippen LogP contribution in [0.15, 0.2) is 12.7 Å². The van der Waals surface area contributed by atoms with Crippen LogP contribution in [0.25, 0.3) is 0 Å². The van der Waals surface area contributed by atoms with Gasteiger partial charge in [0.15, 0.2) is 55.4 Å². The van der Waals surface area contributed by atoms with E-state index in [-0.39, 0.29) is 6.54 Å². The van der Waals surface area contributed by atoms with Gasteiger partial charge in [0.2, 0.25) is 5.91 Å². The highest BCUT2D eigenvalue weighted by Gasteiger charge is 2.60. The lowest BCUT2D eigenvalue weighted by atomic mass is 9.94. The lowest BCUT2D eigenvalue weighted by Gasteiger charge is -2.52. The Morgan fingerprint density at radius 2 is 0.925 bits per heavy atom. The summed E-state index contributed by atoms with van der Waals surface area (Å²) in [5.74, 6) is -9.70. The number of hydrogen-bond donors (Lipinski definition) is 1. The molecule has 0 aromatic rings. The third-order valence-electron chi connectivity index (χ3n) is 9.66. The van der Waals surface area contributed by atoms with Crippen molar-refractivity contribution in [1.82, 2.24) is 4.90 Å². The molecular weight excluding hydrogens is 906 g/mol. The summed E-state index contributed by atoms with van der Waals surface area (Å²) < 4.78 is 81.5. The third-order valence-corrected chi connectivity index (χ3v) is 9.66. The number of nitrogens with zero attached hydrogens (tertiary/aromatic N) is 1. The topological polar surface area (TPSA) is 323 Å². The fourth-order valence-electron chi connectivity index (χ4n) is 7.39. The van der Waals surface area contributed by atoms with Crippen LogP contribution in [0.1, 0.15) is 69.2 Å². The van der Waals surface area contributed by atoms with E-state index in [4.69, 9.17) is 66.3 Å². The minimum Gasteiger partial charge on any atom is -0.480 e. The standard InChI is InChI=1S/C41H57NO25/c1-12-13-42(18(3)43)39-36(61-24(9)49)35(67-40-38(63-26(11)51)34(60-23(8)48)30(17(2)57-40)58-21(6)46)32(27(64-39)14-54-19(4)44)66-41-37(62-25(10)50)33(56-16-29(52)53)31(59-22(7)47)28(65-41)15-55-20(5)45/h12,17,27-28,30-41H,1,13-16H2,2-11H3,(H,52,53)/t17-,27+,28+,30+,31-,32+,33-,34+,35-,36+,37+,38-,39+,40-,41-/m0/s1. The van der Waals surface area contributed by atoms with Crippen LogP contribution in [0.3, 0.4) is 0 Å². The molecule has 1 amide bonds. The lowest BCUT2D eigenvalue weighted by molar-refractivity contribution is -0.377. The fourth-order valence-corrected chi connectivity index (χ4v) is 7.39. The van der Waals surface area contributed by atoms with Gasteiger partial charge in [-0.2, -0.15) is 0 Å². The highest BCUT2D eigenvalue weighted by Crippen LogP contribution is 2.39. The van der Waals surface area contributed by atoms with Gasteiger partial charge >= 0.3 is 53.7 Å². The van der Waals surface area contributed by atoms with E-state index in [1.165, 1.54) is 13.0 Å². The van der Waals surface area contributed by atoms with Crippen molar-refractivity contribution in [3.05, 3.63) is 12.7 Å². The zero-order valence-corrected chi connectivity index (χ0v) is 38.5. The van der Waals surface area contributed by atoms with Gasteiger partial charge in [-0.1, -0.05) is 6.08 Å². The van der Waals surface area contributed by atoms with Crippen molar-refractivity contribution >= 4 is 59.6 Å². The van der Waals surface area contributed by atoms with E-state index >= 15 is 0 Å². The summed E-state index contributed by atoms with van der Waals surface area (Å²) in [5, 5.41) is 9.63. The Morgan fingerprint density at radius 1 is 0.507 bits per heavy atom. The molecule has 3 aliphatic rings. The zero-order chi connectivity index (χ0) is 50.4. The number of amides is 1. The predicted octanol–water partition coefficient (Wildman–Crippen LogP) is -0.828. The SMILES string of the molecule is C=CCN(C(C)=O)[C@@H]1O[C@H](COC(C)=O)[C@@H](O[C@@H]2O[C@H](COC(C)=O)[C@H](OC(C)=O)[C@H](OCC(=O)O)[C@H]2OC(C)=O)[C@H](O[C@@H]2O[C@@H](C)[C@@H](OC(C)=O)[C@@H](OC(C)=O)[C@@H]2OC(C)=O)[C@H]1OC(C)=O. The van der Waals surface area contributed by atoms with Gasteiger partial charge in [-0.05, 0) is 6.92 Å². The van der Waals surface area contributed by atoms with Crippen molar-refractivity contribution in [3.63, 3.8) is 0 Å². The van der Waals surface area contributed by atoms with Gasteiger partial charge in [0, 0.05) is 68.9 Å². The maximum absolute atomic E-state index is 13.3. The summed E-state index contributed by atoms with van der Waals surface area (Å²) in [7, 11) is 0. The quantitative estimate of drug-likeness (QED) is 0.0884. The zero-order valence-electron chi connectivity index (χ0n) is 38.5. The molecule has 0 aliphatic carbocycles. The van der Waals surface area contributed by atoms with Crippen molar-refractivity contribution < 1.29 is 119 Å². The largest absolute Gasteiger partial charge is 0.480 e. The molecule has 0 bridgehead atoms. The fraction of sp³-hybridized carbons (Fsp3) is 0.707. The van der Waals surface area contributed by atoms with Gasteiger partial charge in [0.1, 0.15) is 50.3 Å². The molecule has 0 radical (unpaired) electrons. The summed E-state index contributed by atoms with van der Waals surface area (Å²) in [6.45, 7) is 11.5. The van der Waals surface area contributed by atoms with Crippen LogP contribution in [0.2, 0.25) is 0 Å². The molecule has 3 saturated heterocycles. The number of aliphatic carboxylic acids is 1. The van der Waals surface area contributed by atoms with Crippen LogP contribution in [-0.4, -0.2) is 188 Å². The summed E-state index contributed by atoms with van der Waals surface area (Å²) in [6.07, 6.45) is -24.6. The molecule has 67 heavy (non-hydrogen) atoms. The van der Waals surface area contributed by atoms with Crippen LogP contribution in [-0.2, 0) is 114 Å². The van der Waals surface area contributed by atoms with Crippen molar-refractivity contribution in [2.75, 3.05) is 26.4 Å². The first-order valence-electron chi connectivity index (χ1n) is 20.6. The lowest BCUT2D eigenvalue weighted by Crippen LogP contribution is -2.70. The monoisotopic (exact) mass is 963 g/mol. The number of carbonyl (C=O) groups excluding carboxylic acids is 9. The Bertz CT molecular complexity index is 1840. The minimum absolute atomic E-state index is 0.264. The molecule has 3 heterocycles. The number of carboxylic acid groups (broad SMARTS) is 1. The van der Waals surface area contributed by atoms with E-state index in [2.05, 4.69) is 6.58 Å². The van der Waals surface area contributed by atoms with Crippen LogP contribution in [0, 0.1) is 0 Å². The van der Waals surface area contributed by atoms with E-state index in [9.17, 15) is 53.1 Å². The maximum Gasteiger partial charge on any atom is 0.329 e. The van der Waals surface area contributed by atoms with Crippen LogP contribution in [0.4, 0.5) is 0 Å². The molecule has 3 fully saturated rings. The summed E-state index contributed by atoms with van der Waals surface area (Å²) in [4.78, 5) is 126. The molecule has 0 spiro atoms. The highest BCUT2D eigenvalue weighted by molar-refractivity contribution is 5.74. The van der Waals surface area contributed by atoms with E-state index in [1.807, 2.05) is 0 Å². The van der Waals surface area contributed by atoms with Crippen molar-refractivity contribution in [2.45, 2.75) is 161 Å². The molecule has 3 rings (SSSR count). The first-order chi connectivity index (χ1) is 31.3. The molecule has 0 saturated carbocycles. The van der Waals surface area contributed by atoms with Gasteiger partial charge in [-0.3, -0.25) is 43.2 Å². The molecule has 0 aromatic heterocycles. The van der Waals surface area contributed by atoms with Crippen LogP contribution < -0.4 is 0 Å². The van der Waals surface area contributed by atoms with Crippen molar-refractivity contribution in [3.8, 4) is 0 Å². The minimum atomic E-state index is -2.03. The Labute approximate surface area is 383 Å². The molecular formula is C41H57NO25. The van der Waals surface area contributed by atoms with Gasteiger partial charge in [0.05, 0.1) is 6.10 Å². The van der Waals surface area contributed by atoms with E-state index in [1.54, 1.807) is 0 Å². The molecule has 15 atom stereocenters. The summed E-state index contributed by atoms with van der Waals surface area (Å²) in [5.41, 5.74) is 0. The van der Waals surface area contributed by atoms with Crippen molar-refractivity contribution in [1.29, 1.82) is 0 Å². The molecule has 0 aromatic carbocycles. The molecule has 376 valence electrons. The first kappa shape index (κ1) is 55.5. The summed E-state index contributed by atoms with van der Waals surface area (Å²) >= 11 is 0. The third kappa shape index (κ3) is 16.2. The van der Waals surface area contributed by atoms with E-state index in [0.717, 1.165) is 67.2 Å². The van der Waals surface area contributed by atoms with Gasteiger partial charge in [0.25, 0.3) is 0 Å². The number of esters is 8. The van der Waals surface area contributed by atoms with Gasteiger partial charge in [-0.25, -0.2) is 4.79 Å².